The first kappa shape index (κ1) is 12.9. The molecule has 0 saturated heterocycles. The monoisotopic (exact) mass is 309 g/mol. The number of thiazole rings is 1. The van der Waals surface area contributed by atoms with E-state index in [9.17, 15) is 8.42 Å². The maximum absolute atomic E-state index is 12.5. The second kappa shape index (κ2) is 4.76. The molecule has 3 aromatic heterocycles. The first-order valence-electron chi connectivity index (χ1n) is 5.68. The van der Waals surface area contributed by atoms with Crippen LogP contribution < -0.4 is 10.0 Å². The summed E-state index contributed by atoms with van der Waals surface area (Å²) in [5, 5.41) is 4.68. The Morgan fingerprint density at radius 3 is 2.75 bits per heavy atom. The number of hydrogen-bond donors (Lipinski definition) is 2. The molecule has 0 radical (unpaired) electrons. The van der Waals surface area contributed by atoms with E-state index in [0.29, 0.717) is 16.5 Å². The number of rotatable bonds is 4. The molecule has 20 heavy (non-hydrogen) atoms. The zero-order chi connectivity index (χ0) is 14.2. The van der Waals surface area contributed by atoms with Crippen molar-refractivity contribution in [2.75, 3.05) is 17.1 Å². The fourth-order valence-electron chi connectivity index (χ4n) is 1.81. The Bertz CT molecular complexity index is 838. The van der Waals surface area contributed by atoms with E-state index in [2.05, 4.69) is 20.0 Å². The quantitative estimate of drug-likeness (QED) is 0.765. The highest BCUT2D eigenvalue weighted by Gasteiger charge is 2.25. The van der Waals surface area contributed by atoms with Crippen molar-refractivity contribution in [3.63, 3.8) is 0 Å². The lowest BCUT2D eigenvalue weighted by molar-refractivity contribution is 0.597. The van der Waals surface area contributed by atoms with Crippen molar-refractivity contribution in [1.29, 1.82) is 0 Å². The second-order valence-electron chi connectivity index (χ2n) is 3.91. The number of fused-ring (bicyclic) bond motifs is 1. The summed E-state index contributed by atoms with van der Waals surface area (Å²) in [6.45, 7) is 0. The average molecular weight is 309 g/mol. The Morgan fingerprint density at radius 2 is 2.05 bits per heavy atom. The molecule has 3 aromatic rings. The molecule has 0 aliphatic heterocycles. The summed E-state index contributed by atoms with van der Waals surface area (Å²) in [4.78, 5) is 8.70. The van der Waals surface area contributed by atoms with Gasteiger partial charge in [0, 0.05) is 31.0 Å². The van der Waals surface area contributed by atoms with Crippen LogP contribution in [0.15, 0.2) is 41.1 Å². The lowest BCUT2D eigenvalue weighted by Crippen LogP contribution is -2.16. The number of sulfonamides is 1. The van der Waals surface area contributed by atoms with E-state index < -0.39 is 10.0 Å². The number of nitrogens with zero attached hydrogens (tertiary/aromatic N) is 3. The first-order valence-corrected chi connectivity index (χ1v) is 8.04. The van der Waals surface area contributed by atoms with Crippen molar-refractivity contribution < 1.29 is 8.42 Å². The number of aromatic nitrogens is 3. The van der Waals surface area contributed by atoms with Gasteiger partial charge < -0.3 is 5.32 Å². The molecule has 0 saturated carbocycles. The minimum Gasteiger partial charge on any atom is -0.371 e. The lowest BCUT2D eigenvalue weighted by Gasteiger charge is -2.08. The van der Waals surface area contributed by atoms with E-state index in [4.69, 9.17) is 0 Å². The molecule has 7 nitrogen and oxygen atoms in total. The summed E-state index contributed by atoms with van der Waals surface area (Å²) >= 11 is 1.37. The molecule has 0 unspecified atom stereocenters. The van der Waals surface area contributed by atoms with Gasteiger partial charge in [0.25, 0.3) is 10.0 Å². The molecule has 3 rings (SSSR count). The Labute approximate surface area is 119 Å². The summed E-state index contributed by atoms with van der Waals surface area (Å²) in [7, 11) is -2.11. The molecule has 0 aromatic carbocycles. The Hall–Kier alpha value is -2.13. The highest BCUT2D eigenvalue weighted by Crippen LogP contribution is 2.26. The molecule has 104 valence electrons. The van der Waals surface area contributed by atoms with E-state index in [1.165, 1.54) is 23.7 Å². The summed E-state index contributed by atoms with van der Waals surface area (Å²) in [5.41, 5.74) is 0.451. The summed E-state index contributed by atoms with van der Waals surface area (Å²) in [5.74, 6) is 0.318. The third kappa shape index (κ3) is 2.10. The SMILES string of the molecule is CNc1nc2sccn2c1S(=O)(=O)Nc1ccncc1. The van der Waals surface area contributed by atoms with Gasteiger partial charge in [-0.1, -0.05) is 0 Å². The normalized spacial score (nSPS) is 11.7. The minimum absolute atomic E-state index is 0.0908. The summed E-state index contributed by atoms with van der Waals surface area (Å²) in [6, 6.07) is 3.17. The van der Waals surface area contributed by atoms with Gasteiger partial charge in [0.05, 0.1) is 5.69 Å². The molecule has 0 atom stereocenters. The molecule has 0 amide bonds. The zero-order valence-electron chi connectivity index (χ0n) is 10.4. The van der Waals surface area contributed by atoms with Gasteiger partial charge in [-0.05, 0) is 12.1 Å². The van der Waals surface area contributed by atoms with Crippen molar-refractivity contribution in [3.8, 4) is 0 Å². The van der Waals surface area contributed by atoms with Crippen LogP contribution in [0.25, 0.3) is 4.96 Å². The zero-order valence-corrected chi connectivity index (χ0v) is 12.1. The van der Waals surface area contributed by atoms with E-state index >= 15 is 0 Å². The van der Waals surface area contributed by atoms with E-state index in [0.717, 1.165) is 0 Å². The molecule has 0 aliphatic carbocycles. The fourth-order valence-corrected chi connectivity index (χ4v) is 3.93. The molecule has 3 heterocycles. The summed E-state index contributed by atoms with van der Waals surface area (Å²) < 4.78 is 29.1. The van der Waals surface area contributed by atoms with E-state index in [1.807, 2.05) is 0 Å². The van der Waals surface area contributed by atoms with Crippen molar-refractivity contribution in [2.24, 2.45) is 0 Å². The van der Waals surface area contributed by atoms with Crippen LogP contribution >= 0.6 is 11.3 Å². The predicted molar refractivity (Wildman–Crippen MR) is 77.7 cm³/mol. The Balaban J connectivity index is 2.11. The second-order valence-corrected chi connectivity index (χ2v) is 6.38. The van der Waals surface area contributed by atoms with Crippen molar-refractivity contribution in [2.45, 2.75) is 5.03 Å². The number of pyridine rings is 1. The molecule has 0 bridgehead atoms. The Morgan fingerprint density at radius 1 is 1.30 bits per heavy atom. The average Bonchev–Trinajstić information content (AvgIpc) is 2.98. The van der Waals surface area contributed by atoms with E-state index in [1.54, 1.807) is 35.2 Å². The molecule has 0 spiro atoms. The largest absolute Gasteiger partial charge is 0.371 e. The minimum atomic E-state index is -3.74. The smallest absolute Gasteiger partial charge is 0.281 e. The third-order valence-corrected chi connectivity index (χ3v) is 4.80. The lowest BCUT2D eigenvalue weighted by atomic mass is 10.4. The molecular formula is C11H11N5O2S2. The number of anilines is 2. The molecular weight excluding hydrogens is 298 g/mol. The van der Waals surface area contributed by atoms with Crippen LogP contribution in [0.5, 0.6) is 0 Å². The first-order chi connectivity index (χ1) is 9.62. The van der Waals surface area contributed by atoms with Crippen molar-refractivity contribution in [3.05, 3.63) is 36.1 Å². The number of nitrogens with one attached hydrogen (secondary N) is 2. The van der Waals surface area contributed by atoms with Gasteiger partial charge in [-0.25, -0.2) is 4.98 Å². The van der Waals surface area contributed by atoms with Gasteiger partial charge in [0.1, 0.15) is 0 Å². The van der Waals surface area contributed by atoms with Gasteiger partial charge >= 0.3 is 0 Å². The maximum Gasteiger partial charge on any atom is 0.281 e. The highest BCUT2D eigenvalue weighted by molar-refractivity contribution is 7.92. The van der Waals surface area contributed by atoms with E-state index in [-0.39, 0.29) is 5.03 Å². The predicted octanol–water partition coefficient (Wildman–Crippen LogP) is 1.63. The number of hydrogen-bond acceptors (Lipinski definition) is 6. The highest BCUT2D eigenvalue weighted by atomic mass is 32.2. The van der Waals surface area contributed by atoms with Crippen LogP contribution in [0.4, 0.5) is 11.5 Å². The molecule has 0 fully saturated rings. The van der Waals surface area contributed by atoms with Crippen LogP contribution in [-0.4, -0.2) is 29.8 Å². The topological polar surface area (TPSA) is 88.4 Å². The van der Waals surface area contributed by atoms with Gasteiger partial charge in [-0.2, -0.15) is 8.42 Å². The van der Waals surface area contributed by atoms with Crippen molar-refractivity contribution in [1.82, 2.24) is 14.4 Å². The third-order valence-electron chi connectivity index (χ3n) is 2.64. The van der Waals surface area contributed by atoms with Crippen LogP contribution in [0.2, 0.25) is 0 Å². The van der Waals surface area contributed by atoms with Crippen molar-refractivity contribution >= 4 is 37.8 Å². The van der Waals surface area contributed by atoms with Crippen LogP contribution in [0, 0.1) is 0 Å². The van der Waals surface area contributed by atoms with Crippen LogP contribution in [0.3, 0.4) is 0 Å². The molecule has 2 N–H and O–H groups in total. The van der Waals surface area contributed by atoms with Crippen LogP contribution in [0.1, 0.15) is 0 Å². The number of imidazole rings is 1. The maximum atomic E-state index is 12.5. The molecule has 9 heteroatoms. The van der Waals surface area contributed by atoms with Gasteiger partial charge in [0.15, 0.2) is 10.8 Å². The molecule has 0 aliphatic rings. The standard InChI is InChI=1S/C11H11N5O2S2/c1-12-9-10(16-6-7-19-11(16)14-9)20(17,18)15-8-2-4-13-5-3-8/h2-7,12H,1H3,(H,13,15). The van der Waals surface area contributed by atoms with Crippen LogP contribution in [-0.2, 0) is 10.0 Å². The fraction of sp³-hybridized carbons (Fsp3) is 0.0909. The van der Waals surface area contributed by atoms with Gasteiger partial charge in [-0.15, -0.1) is 11.3 Å². The Kier molecular flexibility index (Phi) is 3.07. The van der Waals surface area contributed by atoms with Gasteiger partial charge in [0.2, 0.25) is 5.03 Å². The summed E-state index contributed by atoms with van der Waals surface area (Å²) in [6.07, 6.45) is 4.72. The van der Waals surface area contributed by atoms with Gasteiger partial charge in [-0.3, -0.25) is 14.1 Å².